The number of nitrogens with one attached hydrogen (secondary N) is 1. The van der Waals surface area contributed by atoms with Crippen LogP contribution in [0.2, 0.25) is 0 Å². The van der Waals surface area contributed by atoms with E-state index >= 15 is 0 Å². The quantitative estimate of drug-likeness (QED) is 0.786. The van der Waals surface area contributed by atoms with Gasteiger partial charge in [-0.25, -0.2) is 13.3 Å². The molecule has 1 atom stereocenters. The third-order valence-electron chi connectivity index (χ3n) is 2.36. The number of nitrogens with zero attached hydrogens (tertiary/aromatic N) is 1. The second-order valence-electron chi connectivity index (χ2n) is 3.93. The first-order valence-electron chi connectivity index (χ1n) is 5.50. The van der Waals surface area contributed by atoms with Gasteiger partial charge in [0.15, 0.2) is 0 Å². The van der Waals surface area contributed by atoms with E-state index in [9.17, 15) is 4.21 Å². The summed E-state index contributed by atoms with van der Waals surface area (Å²) in [4.78, 5) is 0.682. The Morgan fingerprint density at radius 1 is 1.56 bits per heavy atom. The molecule has 0 radical (unpaired) electrons. The van der Waals surface area contributed by atoms with Crippen LogP contribution < -0.4 is 10.5 Å². The van der Waals surface area contributed by atoms with Crippen molar-refractivity contribution in [1.82, 2.24) is 4.72 Å². The van der Waals surface area contributed by atoms with E-state index in [4.69, 9.17) is 5.73 Å². The van der Waals surface area contributed by atoms with E-state index in [0.29, 0.717) is 17.1 Å². The van der Waals surface area contributed by atoms with Gasteiger partial charge < -0.3 is 5.73 Å². The van der Waals surface area contributed by atoms with Crippen LogP contribution in [0.3, 0.4) is 0 Å². The van der Waals surface area contributed by atoms with E-state index < -0.39 is 9.92 Å². The molecule has 0 amide bonds. The van der Waals surface area contributed by atoms with Crippen LogP contribution in [0.15, 0.2) is 33.5 Å². The third kappa shape index (κ3) is 2.54. The van der Waals surface area contributed by atoms with Gasteiger partial charge in [0.05, 0.1) is 10.9 Å². The summed E-state index contributed by atoms with van der Waals surface area (Å²) < 4.78 is 20.0. The summed E-state index contributed by atoms with van der Waals surface area (Å²) in [5, 5.41) is 0. The van der Waals surface area contributed by atoms with E-state index in [0.717, 1.165) is 12.8 Å². The summed E-state index contributed by atoms with van der Waals surface area (Å²) in [7, 11) is -2.48. The molecule has 1 unspecified atom stereocenters. The maximum absolute atomic E-state index is 12.7. The van der Waals surface area contributed by atoms with Crippen LogP contribution in [0.25, 0.3) is 0 Å². The minimum absolute atomic E-state index is 0.257. The van der Waals surface area contributed by atoms with E-state index in [2.05, 4.69) is 9.08 Å². The molecule has 2 rings (SSSR count). The van der Waals surface area contributed by atoms with Gasteiger partial charge in [0.2, 0.25) is 0 Å². The van der Waals surface area contributed by atoms with Crippen LogP contribution in [0.5, 0.6) is 0 Å². The fourth-order valence-electron chi connectivity index (χ4n) is 1.45. The summed E-state index contributed by atoms with van der Waals surface area (Å²) in [5.74, 6) is 0. The zero-order valence-corrected chi connectivity index (χ0v) is 10.2. The van der Waals surface area contributed by atoms with Gasteiger partial charge >= 0.3 is 0 Å². The highest BCUT2D eigenvalue weighted by Gasteiger charge is 2.24. The van der Waals surface area contributed by atoms with Gasteiger partial charge in [-0.05, 0) is 31.0 Å². The van der Waals surface area contributed by atoms with Gasteiger partial charge in [-0.15, -0.1) is 0 Å². The van der Waals surface area contributed by atoms with Crippen molar-refractivity contribution >= 4 is 15.6 Å². The Labute approximate surface area is 96.6 Å². The molecule has 0 aromatic heterocycles. The molecule has 1 aliphatic rings. The highest BCUT2D eigenvalue weighted by molar-refractivity contribution is 7.91. The van der Waals surface area contributed by atoms with Crippen molar-refractivity contribution in [3.8, 4) is 0 Å². The van der Waals surface area contributed by atoms with E-state index in [1.807, 2.05) is 19.1 Å². The van der Waals surface area contributed by atoms with Gasteiger partial charge in [-0.2, -0.15) is 0 Å². The average molecular weight is 239 g/mol. The normalized spacial score (nSPS) is 19.1. The summed E-state index contributed by atoms with van der Waals surface area (Å²) in [5.41, 5.74) is 6.32. The van der Waals surface area contributed by atoms with Gasteiger partial charge in [0.25, 0.3) is 0 Å². The van der Waals surface area contributed by atoms with Gasteiger partial charge in [-0.3, -0.25) is 0 Å². The van der Waals surface area contributed by atoms with Crippen molar-refractivity contribution in [2.24, 2.45) is 4.36 Å². The zero-order chi connectivity index (χ0) is 11.6. The van der Waals surface area contributed by atoms with Crippen molar-refractivity contribution in [1.29, 1.82) is 0 Å². The molecule has 1 saturated carbocycles. The predicted molar refractivity (Wildman–Crippen MR) is 66.4 cm³/mol. The van der Waals surface area contributed by atoms with Crippen molar-refractivity contribution in [3.63, 3.8) is 0 Å². The van der Waals surface area contributed by atoms with Gasteiger partial charge in [-0.1, -0.05) is 13.0 Å². The highest BCUT2D eigenvalue weighted by atomic mass is 32.2. The number of rotatable bonds is 4. The topological polar surface area (TPSA) is 67.5 Å². The third-order valence-corrected chi connectivity index (χ3v) is 4.53. The SMILES string of the molecule is CCNS(=O)(=NC1CC1)c1cccc(N)c1. The molecule has 88 valence electrons. The van der Waals surface area contributed by atoms with Crippen molar-refractivity contribution < 1.29 is 4.21 Å². The minimum Gasteiger partial charge on any atom is -0.399 e. The first kappa shape index (κ1) is 11.4. The Hall–Kier alpha value is -1.07. The predicted octanol–water partition coefficient (Wildman–Crippen LogP) is 1.78. The lowest BCUT2D eigenvalue weighted by Gasteiger charge is -2.11. The minimum atomic E-state index is -2.48. The number of hydrogen-bond acceptors (Lipinski definition) is 3. The van der Waals surface area contributed by atoms with Crippen molar-refractivity contribution in [3.05, 3.63) is 24.3 Å². The molecule has 0 heterocycles. The van der Waals surface area contributed by atoms with Crippen LogP contribution in [0.1, 0.15) is 19.8 Å². The maximum Gasteiger partial charge on any atom is 0.137 e. The molecule has 0 spiro atoms. The smallest absolute Gasteiger partial charge is 0.137 e. The van der Waals surface area contributed by atoms with Crippen LogP contribution in [0.4, 0.5) is 5.69 Å². The van der Waals surface area contributed by atoms with E-state index in [1.165, 1.54) is 0 Å². The lowest BCUT2D eigenvalue weighted by molar-refractivity contribution is 0.664. The van der Waals surface area contributed by atoms with Crippen LogP contribution in [-0.2, 0) is 9.92 Å². The Morgan fingerprint density at radius 3 is 2.88 bits per heavy atom. The van der Waals surface area contributed by atoms with Gasteiger partial charge in [0.1, 0.15) is 9.92 Å². The molecular weight excluding hydrogens is 222 g/mol. The van der Waals surface area contributed by atoms with Crippen molar-refractivity contribution in [2.45, 2.75) is 30.7 Å². The van der Waals surface area contributed by atoms with Crippen LogP contribution in [0, 0.1) is 0 Å². The van der Waals surface area contributed by atoms with Gasteiger partial charge in [0, 0.05) is 12.2 Å². The Kier molecular flexibility index (Phi) is 3.16. The van der Waals surface area contributed by atoms with E-state index in [-0.39, 0.29) is 6.04 Å². The molecule has 1 aromatic rings. The molecule has 5 heteroatoms. The molecule has 1 aliphatic carbocycles. The Bertz CT molecular complexity index is 488. The second kappa shape index (κ2) is 4.43. The molecule has 1 aromatic carbocycles. The molecule has 0 aliphatic heterocycles. The summed E-state index contributed by atoms with van der Waals surface area (Å²) in [6.07, 6.45) is 2.09. The zero-order valence-electron chi connectivity index (χ0n) is 9.35. The van der Waals surface area contributed by atoms with Crippen LogP contribution >= 0.6 is 0 Å². The summed E-state index contributed by atoms with van der Waals surface area (Å²) in [6.45, 7) is 2.55. The first-order chi connectivity index (χ1) is 7.64. The summed E-state index contributed by atoms with van der Waals surface area (Å²) in [6, 6.07) is 7.40. The monoisotopic (exact) mass is 239 g/mol. The number of nitrogen functional groups attached to an aromatic ring is 1. The van der Waals surface area contributed by atoms with Crippen LogP contribution in [-0.4, -0.2) is 16.8 Å². The molecular formula is C11H17N3OS. The number of nitrogens with two attached hydrogens (primary N) is 1. The first-order valence-corrected chi connectivity index (χ1v) is 7.02. The van der Waals surface area contributed by atoms with Crippen molar-refractivity contribution in [2.75, 3.05) is 12.3 Å². The summed E-state index contributed by atoms with van der Waals surface area (Å²) >= 11 is 0. The Morgan fingerprint density at radius 2 is 2.31 bits per heavy atom. The lowest BCUT2D eigenvalue weighted by Crippen LogP contribution is -2.23. The molecule has 4 nitrogen and oxygen atoms in total. The second-order valence-corrected chi connectivity index (χ2v) is 5.96. The lowest BCUT2D eigenvalue weighted by atomic mass is 10.3. The largest absolute Gasteiger partial charge is 0.399 e. The fourth-order valence-corrected chi connectivity index (χ4v) is 3.40. The molecule has 16 heavy (non-hydrogen) atoms. The molecule has 0 saturated heterocycles. The molecule has 3 N–H and O–H groups in total. The van der Waals surface area contributed by atoms with E-state index in [1.54, 1.807) is 12.1 Å². The molecule has 1 fully saturated rings. The molecule has 0 bridgehead atoms. The standard InChI is InChI=1S/C11H17N3OS/c1-2-13-16(15,14-10-6-7-10)11-5-3-4-9(12)8-11/h3-5,8,10H,2,6-7,12H2,1H3,(H,13,14,15). The number of anilines is 1. The maximum atomic E-state index is 12.7. The fraction of sp³-hybridized carbons (Fsp3) is 0.455. The average Bonchev–Trinajstić information content (AvgIpc) is 3.02. The number of hydrogen-bond donors (Lipinski definition) is 2. The Balaban J connectivity index is 2.42. The number of benzene rings is 1. The highest BCUT2D eigenvalue weighted by Crippen LogP contribution is 2.27.